The van der Waals surface area contributed by atoms with Gasteiger partial charge in [0.05, 0.1) is 12.8 Å². The third kappa shape index (κ3) is 6.85. The predicted octanol–water partition coefficient (Wildman–Crippen LogP) is 7.89. The van der Waals surface area contributed by atoms with Crippen LogP contribution in [0.15, 0.2) is 12.2 Å². The molecule has 0 heterocycles. The molecule has 28 heavy (non-hydrogen) atoms. The second kappa shape index (κ2) is 12.4. The van der Waals surface area contributed by atoms with Crippen LogP contribution >= 0.6 is 0 Å². The monoisotopic (exact) mass is 392 g/mol. The van der Waals surface area contributed by atoms with Crippen molar-refractivity contribution in [2.24, 2.45) is 29.6 Å². The van der Waals surface area contributed by atoms with Gasteiger partial charge < -0.3 is 4.74 Å². The summed E-state index contributed by atoms with van der Waals surface area (Å²) in [7, 11) is 0. The van der Waals surface area contributed by atoms with Crippen LogP contribution in [-0.4, -0.2) is 19.4 Å². The van der Waals surface area contributed by atoms with Gasteiger partial charge in [0, 0.05) is 6.61 Å². The fraction of sp³-hybridized carbons (Fsp3) is 0.923. The first-order chi connectivity index (χ1) is 13.8. The van der Waals surface area contributed by atoms with Gasteiger partial charge >= 0.3 is 0 Å². The van der Waals surface area contributed by atoms with E-state index in [9.17, 15) is 4.39 Å². The van der Waals surface area contributed by atoms with Crippen LogP contribution in [-0.2, 0) is 4.74 Å². The number of halogens is 1. The predicted molar refractivity (Wildman–Crippen MR) is 117 cm³/mol. The van der Waals surface area contributed by atoms with Crippen molar-refractivity contribution in [3.63, 3.8) is 0 Å². The molecule has 0 spiro atoms. The van der Waals surface area contributed by atoms with Crippen LogP contribution in [0.5, 0.6) is 0 Å². The summed E-state index contributed by atoms with van der Waals surface area (Å²) in [5.41, 5.74) is 0. The van der Waals surface area contributed by atoms with Crippen LogP contribution in [0.25, 0.3) is 0 Å². The smallest absolute Gasteiger partial charge is 0.0928 e. The molecule has 3 aliphatic rings. The number of ether oxygens (including phenoxy) is 1. The van der Waals surface area contributed by atoms with Gasteiger partial charge in [0.15, 0.2) is 0 Å². The van der Waals surface area contributed by atoms with Crippen LogP contribution in [0.1, 0.15) is 103 Å². The zero-order valence-corrected chi connectivity index (χ0v) is 18.4. The minimum Gasteiger partial charge on any atom is -0.378 e. The molecule has 0 aliphatic heterocycles. The molecule has 3 fully saturated rings. The molecule has 3 aliphatic carbocycles. The summed E-state index contributed by atoms with van der Waals surface area (Å²) in [5.74, 6) is 4.71. The Morgan fingerprint density at radius 1 is 0.750 bits per heavy atom. The average molecular weight is 393 g/mol. The minimum absolute atomic E-state index is 0.206. The molecule has 0 aromatic rings. The molecular weight excluding hydrogens is 347 g/mol. The number of allylic oxidation sites excluding steroid dienone is 2. The molecule has 0 aromatic carbocycles. The lowest BCUT2D eigenvalue weighted by Crippen LogP contribution is -2.31. The summed E-state index contributed by atoms with van der Waals surface area (Å²) in [5, 5.41) is 0. The second-order valence-electron chi connectivity index (χ2n) is 10.0. The van der Waals surface area contributed by atoms with Crippen molar-refractivity contribution in [2.75, 3.05) is 13.3 Å². The highest BCUT2D eigenvalue weighted by Crippen LogP contribution is 2.45. The van der Waals surface area contributed by atoms with E-state index in [2.05, 4.69) is 19.1 Å². The Hall–Kier alpha value is -0.370. The van der Waals surface area contributed by atoms with E-state index >= 15 is 0 Å². The van der Waals surface area contributed by atoms with Crippen LogP contribution in [0.4, 0.5) is 4.39 Å². The Kier molecular flexibility index (Phi) is 9.85. The average Bonchev–Trinajstić information content (AvgIpc) is 2.75. The van der Waals surface area contributed by atoms with Crippen molar-refractivity contribution in [1.29, 1.82) is 0 Å². The van der Waals surface area contributed by atoms with Crippen LogP contribution in [0, 0.1) is 29.6 Å². The molecule has 0 bridgehead atoms. The van der Waals surface area contributed by atoms with E-state index in [-0.39, 0.29) is 6.67 Å². The second-order valence-corrected chi connectivity index (χ2v) is 10.0. The van der Waals surface area contributed by atoms with Gasteiger partial charge in [-0.2, -0.15) is 0 Å². The number of alkyl halides is 1. The number of rotatable bonds is 9. The van der Waals surface area contributed by atoms with E-state index in [0.29, 0.717) is 12.5 Å². The van der Waals surface area contributed by atoms with E-state index in [4.69, 9.17) is 4.74 Å². The van der Waals surface area contributed by atoms with Gasteiger partial charge in [-0.05, 0) is 119 Å². The Labute approximate surface area is 173 Å². The molecule has 0 atom stereocenters. The quantitative estimate of drug-likeness (QED) is 0.286. The molecular formula is C26H45FO. The lowest BCUT2D eigenvalue weighted by molar-refractivity contribution is 0.00437. The molecule has 0 N–H and O–H groups in total. The first-order valence-electron chi connectivity index (χ1n) is 12.6. The van der Waals surface area contributed by atoms with E-state index in [1.54, 1.807) is 0 Å². The van der Waals surface area contributed by atoms with Gasteiger partial charge in [0.25, 0.3) is 0 Å². The van der Waals surface area contributed by atoms with Crippen molar-refractivity contribution in [2.45, 2.75) is 109 Å². The largest absolute Gasteiger partial charge is 0.378 e. The van der Waals surface area contributed by atoms with Gasteiger partial charge in [-0.15, -0.1) is 0 Å². The zero-order valence-electron chi connectivity index (χ0n) is 18.4. The fourth-order valence-corrected chi connectivity index (χ4v) is 6.37. The van der Waals surface area contributed by atoms with Crippen molar-refractivity contribution < 1.29 is 9.13 Å². The molecule has 3 rings (SSSR count). The first-order valence-corrected chi connectivity index (χ1v) is 12.6. The lowest BCUT2D eigenvalue weighted by atomic mass is 9.65. The van der Waals surface area contributed by atoms with Gasteiger partial charge in [-0.1, -0.05) is 25.5 Å². The maximum Gasteiger partial charge on any atom is 0.0928 e. The van der Waals surface area contributed by atoms with Crippen LogP contribution in [0.2, 0.25) is 0 Å². The van der Waals surface area contributed by atoms with Crippen LogP contribution < -0.4 is 0 Å². The van der Waals surface area contributed by atoms with Gasteiger partial charge in [0.2, 0.25) is 0 Å². The van der Waals surface area contributed by atoms with Crippen molar-refractivity contribution in [1.82, 2.24) is 0 Å². The third-order valence-corrected chi connectivity index (χ3v) is 8.22. The van der Waals surface area contributed by atoms with E-state index in [1.165, 1.54) is 89.9 Å². The first kappa shape index (κ1) is 22.3. The number of hydrogen-bond acceptors (Lipinski definition) is 1. The lowest BCUT2D eigenvalue weighted by Gasteiger charge is -2.41. The summed E-state index contributed by atoms with van der Waals surface area (Å²) < 4.78 is 18.3. The molecule has 0 radical (unpaired) electrons. The van der Waals surface area contributed by atoms with Gasteiger partial charge in [-0.25, -0.2) is 0 Å². The van der Waals surface area contributed by atoms with Crippen molar-refractivity contribution in [3.05, 3.63) is 12.2 Å². The molecule has 0 unspecified atom stereocenters. The summed E-state index contributed by atoms with van der Waals surface area (Å²) in [6, 6.07) is 0. The van der Waals surface area contributed by atoms with Gasteiger partial charge in [-0.3, -0.25) is 4.39 Å². The maximum atomic E-state index is 12.2. The van der Waals surface area contributed by atoms with Crippen LogP contribution in [0.3, 0.4) is 0 Å². The SMILES string of the molecule is CCCCOC1CCC(C2CCC([C@H]3CC[C@H](/C=C/CCF)CC3)CC2)CC1. The standard InChI is InChI=1S/C26H45FO/c1-2-3-20-28-26-17-15-25(16-18-26)24-13-11-23(12-14-24)22-9-7-21(8-10-22)6-4-5-19-27/h4,6,21-26H,2-3,5,7-20H2,1H3/b6-4+/t21-,22-,23?,24?,25?,26?. The highest BCUT2D eigenvalue weighted by molar-refractivity contribution is 4.93. The van der Waals surface area contributed by atoms with E-state index in [1.807, 2.05) is 0 Å². The molecule has 3 saturated carbocycles. The Morgan fingerprint density at radius 3 is 1.75 bits per heavy atom. The molecule has 2 heteroatoms. The topological polar surface area (TPSA) is 9.23 Å². The van der Waals surface area contributed by atoms with Crippen molar-refractivity contribution in [3.8, 4) is 0 Å². The summed E-state index contributed by atoms with van der Waals surface area (Å²) in [6.07, 6.45) is 25.0. The van der Waals surface area contributed by atoms with E-state index < -0.39 is 0 Å². The van der Waals surface area contributed by atoms with Crippen molar-refractivity contribution >= 4 is 0 Å². The summed E-state index contributed by atoms with van der Waals surface area (Å²) >= 11 is 0. The highest BCUT2D eigenvalue weighted by Gasteiger charge is 2.34. The fourth-order valence-electron chi connectivity index (χ4n) is 6.37. The number of hydrogen-bond donors (Lipinski definition) is 0. The Balaban J connectivity index is 1.31. The summed E-state index contributed by atoms with van der Waals surface area (Å²) in [6.45, 7) is 3.02. The molecule has 1 nitrogen and oxygen atoms in total. The molecule has 0 amide bonds. The minimum atomic E-state index is -0.206. The van der Waals surface area contributed by atoms with Gasteiger partial charge in [0.1, 0.15) is 0 Å². The van der Waals surface area contributed by atoms with E-state index in [0.717, 1.165) is 36.2 Å². The normalized spacial score (nSPS) is 37.4. The Bertz CT molecular complexity index is 424. The number of unbranched alkanes of at least 4 members (excludes halogenated alkanes) is 1. The summed E-state index contributed by atoms with van der Waals surface area (Å²) in [4.78, 5) is 0. The highest BCUT2D eigenvalue weighted by atomic mass is 19.1. The maximum absolute atomic E-state index is 12.2. The molecule has 0 aromatic heterocycles. The molecule has 0 saturated heterocycles. The Morgan fingerprint density at radius 2 is 1.25 bits per heavy atom. The zero-order chi connectivity index (χ0) is 19.6. The molecule has 162 valence electrons. The third-order valence-electron chi connectivity index (χ3n) is 8.22.